The maximum absolute atomic E-state index is 12.5. The van der Waals surface area contributed by atoms with Crippen molar-refractivity contribution in [3.8, 4) is 5.75 Å². The molecule has 5 nitrogen and oxygen atoms in total. The van der Waals surface area contributed by atoms with E-state index in [4.69, 9.17) is 4.74 Å². The van der Waals surface area contributed by atoms with Crippen molar-refractivity contribution < 1.29 is 19.4 Å². The van der Waals surface area contributed by atoms with Gasteiger partial charge in [-0.25, -0.2) is 0 Å². The molecule has 5 rings (SSSR count). The molecule has 1 aromatic carbocycles. The summed E-state index contributed by atoms with van der Waals surface area (Å²) in [7, 11) is 0. The number of carbonyl (C=O) groups is 2. The molecule has 0 aromatic heterocycles. The van der Waals surface area contributed by atoms with Crippen LogP contribution in [0.4, 0.5) is 0 Å². The number of benzene rings is 1. The van der Waals surface area contributed by atoms with Gasteiger partial charge < -0.3 is 14.7 Å². The van der Waals surface area contributed by atoms with E-state index >= 15 is 0 Å². The van der Waals surface area contributed by atoms with Crippen molar-refractivity contribution in [2.45, 2.75) is 43.2 Å². The van der Waals surface area contributed by atoms with Crippen LogP contribution in [0.15, 0.2) is 18.2 Å². The van der Waals surface area contributed by atoms with Gasteiger partial charge in [-0.1, -0.05) is 12.1 Å². The van der Waals surface area contributed by atoms with Crippen LogP contribution in [0, 0.1) is 5.92 Å². The topological polar surface area (TPSA) is 66.8 Å². The fourth-order valence-electron chi connectivity index (χ4n) is 5.70. The Labute approximate surface area is 134 Å². The zero-order valence-electron chi connectivity index (χ0n) is 12.8. The summed E-state index contributed by atoms with van der Waals surface area (Å²) in [4.78, 5) is 26.6. The lowest BCUT2D eigenvalue weighted by molar-refractivity contribution is -0.150. The summed E-state index contributed by atoms with van der Waals surface area (Å²) in [6.07, 6.45) is 2.50. The van der Waals surface area contributed by atoms with Crippen LogP contribution in [0.25, 0.3) is 0 Å². The molecule has 1 N–H and O–H groups in total. The van der Waals surface area contributed by atoms with E-state index in [1.165, 1.54) is 11.1 Å². The third-order valence-electron chi connectivity index (χ3n) is 6.46. The number of nitrogens with zero attached hydrogens (tertiary/aromatic N) is 1. The molecular formula is C18H19NO4. The number of rotatable bonds is 1. The molecule has 1 aromatic rings. The Morgan fingerprint density at radius 2 is 2.30 bits per heavy atom. The highest BCUT2D eigenvalue weighted by molar-refractivity contribution is 5.89. The van der Waals surface area contributed by atoms with Crippen LogP contribution in [-0.2, 0) is 21.4 Å². The number of Topliss-reactive ketones (excluding diaryl/α,β-unsaturated/α-hetero) is 1. The lowest BCUT2D eigenvalue weighted by Gasteiger charge is -2.57. The van der Waals surface area contributed by atoms with E-state index in [9.17, 15) is 14.7 Å². The number of carbonyl (C=O) groups excluding carboxylic acids is 2. The molecule has 0 radical (unpaired) electrons. The molecule has 2 fully saturated rings. The van der Waals surface area contributed by atoms with Gasteiger partial charge in [-0.2, -0.15) is 0 Å². The quantitative estimate of drug-likeness (QED) is 0.833. The SMILES string of the molecule is O=C1CC[C@H]2[C@H]3Cc4cccc5c4[C@@]2(CCN3C(=O)CO)C1O5. The minimum Gasteiger partial charge on any atom is -0.481 e. The molecule has 1 amide bonds. The average molecular weight is 313 g/mol. The van der Waals surface area contributed by atoms with Crippen molar-refractivity contribution in [1.29, 1.82) is 0 Å². The Morgan fingerprint density at radius 3 is 3.13 bits per heavy atom. The second kappa shape index (κ2) is 4.35. The lowest BCUT2D eigenvalue weighted by Crippen LogP contribution is -2.67. The third-order valence-corrected chi connectivity index (χ3v) is 6.46. The first kappa shape index (κ1) is 13.5. The number of ketones is 1. The molecule has 2 aliphatic heterocycles. The predicted molar refractivity (Wildman–Crippen MR) is 81.2 cm³/mol. The fraction of sp³-hybridized carbons (Fsp3) is 0.556. The Bertz CT molecular complexity index is 730. The molecule has 1 saturated heterocycles. The molecule has 1 spiro atoms. The van der Waals surface area contributed by atoms with E-state index in [1.54, 1.807) is 0 Å². The summed E-state index contributed by atoms with van der Waals surface area (Å²) in [6, 6.07) is 6.12. The Morgan fingerprint density at radius 1 is 1.43 bits per heavy atom. The number of amides is 1. The highest BCUT2D eigenvalue weighted by Crippen LogP contribution is 2.61. The van der Waals surface area contributed by atoms with E-state index in [2.05, 4.69) is 6.07 Å². The van der Waals surface area contributed by atoms with E-state index < -0.39 is 6.61 Å². The number of hydrogen-bond acceptors (Lipinski definition) is 4. The molecule has 1 saturated carbocycles. The highest BCUT2D eigenvalue weighted by Gasteiger charge is 2.65. The maximum Gasteiger partial charge on any atom is 0.248 e. The largest absolute Gasteiger partial charge is 0.481 e. The summed E-state index contributed by atoms with van der Waals surface area (Å²) in [5.41, 5.74) is 2.18. The maximum atomic E-state index is 12.5. The average Bonchev–Trinajstić information content (AvgIpc) is 2.90. The predicted octanol–water partition coefficient (Wildman–Crippen LogP) is 0.814. The minimum absolute atomic E-state index is 0.0726. The Kier molecular flexibility index (Phi) is 2.56. The first-order valence-corrected chi connectivity index (χ1v) is 8.39. The van der Waals surface area contributed by atoms with Gasteiger partial charge in [0.2, 0.25) is 5.91 Å². The monoisotopic (exact) mass is 313 g/mol. The molecule has 5 heteroatoms. The molecule has 4 aliphatic rings. The lowest BCUT2D eigenvalue weighted by atomic mass is 9.51. The first-order chi connectivity index (χ1) is 11.2. The number of likely N-dealkylation sites (tertiary alicyclic amines) is 1. The molecule has 2 aliphatic carbocycles. The van der Waals surface area contributed by atoms with Crippen LogP contribution >= 0.6 is 0 Å². The third kappa shape index (κ3) is 1.47. The summed E-state index contributed by atoms with van der Waals surface area (Å²) in [5, 5.41) is 9.31. The van der Waals surface area contributed by atoms with Crippen LogP contribution in [0.5, 0.6) is 5.75 Å². The van der Waals surface area contributed by atoms with Crippen LogP contribution < -0.4 is 4.74 Å². The zero-order chi connectivity index (χ0) is 15.8. The van der Waals surface area contributed by atoms with Crippen molar-refractivity contribution in [2.75, 3.05) is 13.2 Å². The van der Waals surface area contributed by atoms with Crippen molar-refractivity contribution in [2.24, 2.45) is 5.92 Å². The molecule has 2 bridgehead atoms. The molecule has 120 valence electrons. The van der Waals surface area contributed by atoms with Gasteiger partial charge in [-0.15, -0.1) is 0 Å². The van der Waals surface area contributed by atoms with Gasteiger partial charge in [0.05, 0.1) is 0 Å². The van der Waals surface area contributed by atoms with Crippen LogP contribution in [0.1, 0.15) is 30.4 Å². The second-order valence-corrected chi connectivity index (χ2v) is 7.21. The van der Waals surface area contributed by atoms with Gasteiger partial charge >= 0.3 is 0 Å². The highest BCUT2D eigenvalue weighted by atomic mass is 16.5. The van der Waals surface area contributed by atoms with E-state index in [1.807, 2.05) is 17.0 Å². The van der Waals surface area contributed by atoms with E-state index in [0.717, 1.165) is 25.0 Å². The van der Waals surface area contributed by atoms with Gasteiger partial charge in [-0.3, -0.25) is 9.59 Å². The number of aliphatic hydroxyl groups is 1. The van der Waals surface area contributed by atoms with Crippen molar-refractivity contribution in [1.82, 2.24) is 4.90 Å². The normalized spacial score (nSPS) is 36.5. The van der Waals surface area contributed by atoms with Crippen LogP contribution in [0.3, 0.4) is 0 Å². The first-order valence-electron chi connectivity index (χ1n) is 8.39. The molecule has 23 heavy (non-hydrogen) atoms. The standard InChI is InChI=1S/C18H19NO4/c20-9-15(22)19-7-6-18-11-4-5-13(21)17(18)23-14-3-1-2-10(16(14)18)8-12(11)19/h1-3,11-12,17,20H,4-9H2/t11-,12+,17?,18-/m0/s1. The van der Waals surface area contributed by atoms with E-state index in [-0.39, 0.29) is 35.2 Å². The van der Waals surface area contributed by atoms with Gasteiger partial charge in [0.1, 0.15) is 12.4 Å². The summed E-state index contributed by atoms with van der Waals surface area (Å²) in [5.74, 6) is 1.13. The number of aliphatic hydroxyl groups excluding tert-OH is 1. The second-order valence-electron chi connectivity index (χ2n) is 7.21. The summed E-state index contributed by atoms with van der Waals surface area (Å²) < 4.78 is 6.11. The van der Waals surface area contributed by atoms with Crippen molar-refractivity contribution in [3.63, 3.8) is 0 Å². The van der Waals surface area contributed by atoms with Crippen LogP contribution in [-0.4, -0.2) is 47.0 Å². The smallest absolute Gasteiger partial charge is 0.248 e. The van der Waals surface area contributed by atoms with Gasteiger partial charge in [0.15, 0.2) is 11.9 Å². The Balaban J connectivity index is 1.72. The van der Waals surface area contributed by atoms with Crippen molar-refractivity contribution in [3.05, 3.63) is 29.3 Å². The van der Waals surface area contributed by atoms with Gasteiger partial charge in [0.25, 0.3) is 0 Å². The minimum atomic E-state index is -0.442. The summed E-state index contributed by atoms with van der Waals surface area (Å²) >= 11 is 0. The van der Waals surface area contributed by atoms with Gasteiger partial charge in [-0.05, 0) is 36.8 Å². The number of piperidine rings is 1. The molecular weight excluding hydrogens is 294 g/mol. The fourth-order valence-corrected chi connectivity index (χ4v) is 5.70. The van der Waals surface area contributed by atoms with E-state index in [0.29, 0.717) is 13.0 Å². The molecule has 1 unspecified atom stereocenters. The molecule has 2 heterocycles. The summed E-state index contributed by atoms with van der Waals surface area (Å²) in [6.45, 7) is 0.156. The molecule has 4 atom stereocenters. The van der Waals surface area contributed by atoms with Crippen molar-refractivity contribution >= 4 is 11.7 Å². The zero-order valence-corrected chi connectivity index (χ0v) is 12.8. The van der Waals surface area contributed by atoms with Crippen LogP contribution in [0.2, 0.25) is 0 Å². The number of hydrogen-bond donors (Lipinski definition) is 1. The Hall–Kier alpha value is -1.88. The number of ether oxygens (including phenoxy) is 1. The van der Waals surface area contributed by atoms with Gasteiger partial charge in [0, 0.05) is 30.0 Å².